The number of halogens is 1. The highest BCUT2D eigenvalue weighted by atomic mass is 79.9. The zero-order valence-corrected chi connectivity index (χ0v) is 12.2. The monoisotopic (exact) mass is 326 g/mol. The Morgan fingerprint density at radius 1 is 1.42 bits per heavy atom. The van der Waals surface area contributed by atoms with Gasteiger partial charge in [0.15, 0.2) is 10.4 Å². The molecule has 0 aliphatic carbocycles. The van der Waals surface area contributed by atoms with Crippen LogP contribution in [0.5, 0.6) is 0 Å². The normalized spacial score (nSPS) is 20.8. The lowest BCUT2D eigenvalue weighted by Crippen LogP contribution is -2.48. The highest BCUT2D eigenvalue weighted by Crippen LogP contribution is 2.24. The molecule has 3 rings (SSSR count). The molecule has 7 heteroatoms. The third kappa shape index (κ3) is 3.05. The first-order valence-electron chi connectivity index (χ1n) is 6.24. The second-order valence-electron chi connectivity index (χ2n) is 4.69. The molecule has 6 nitrogen and oxygen atoms in total. The maximum atomic E-state index is 5.62. The first kappa shape index (κ1) is 12.8. The van der Waals surface area contributed by atoms with Gasteiger partial charge in [-0.25, -0.2) is 0 Å². The van der Waals surface area contributed by atoms with Crippen molar-refractivity contribution < 1.29 is 8.83 Å². The summed E-state index contributed by atoms with van der Waals surface area (Å²) in [6.07, 6.45) is 0. The standard InChI is InChI=1S/C12H15BrN4O2/c1-8-6-17(5-4-14-8)7-11-15-16-12(19-11)9-2-3-10(13)18-9/h2-3,8,14H,4-7H2,1H3/t8-/m1/s1. The Kier molecular flexibility index (Phi) is 3.67. The van der Waals surface area contributed by atoms with Crippen molar-refractivity contribution >= 4 is 15.9 Å². The van der Waals surface area contributed by atoms with E-state index in [1.165, 1.54) is 0 Å². The van der Waals surface area contributed by atoms with Crippen molar-refractivity contribution in [1.82, 2.24) is 20.4 Å². The molecule has 0 bridgehead atoms. The Hall–Kier alpha value is -1.18. The van der Waals surface area contributed by atoms with Gasteiger partial charge >= 0.3 is 0 Å². The van der Waals surface area contributed by atoms with Crippen LogP contribution >= 0.6 is 15.9 Å². The van der Waals surface area contributed by atoms with Crippen LogP contribution < -0.4 is 5.32 Å². The van der Waals surface area contributed by atoms with Gasteiger partial charge in [0, 0.05) is 25.7 Å². The van der Waals surface area contributed by atoms with Crippen molar-refractivity contribution in [2.45, 2.75) is 19.5 Å². The second-order valence-corrected chi connectivity index (χ2v) is 5.48. The summed E-state index contributed by atoms with van der Waals surface area (Å²) in [4.78, 5) is 2.30. The lowest BCUT2D eigenvalue weighted by atomic mass is 10.2. The van der Waals surface area contributed by atoms with Crippen LogP contribution in [-0.4, -0.2) is 40.8 Å². The number of furan rings is 1. The van der Waals surface area contributed by atoms with E-state index >= 15 is 0 Å². The second kappa shape index (κ2) is 5.44. The van der Waals surface area contributed by atoms with Crippen LogP contribution in [0.15, 0.2) is 25.6 Å². The number of hydrogen-bond donors (Lipinski definition) is 1. The minimum absolute atomic E-state index is 0.420. The predicted molar refractivity (Wildman–Crippen MR) is 72.4 cm³/mol. The van der Waals surface area contributed by atoms with Crippen LogP contribution in [0.25, 0.3) is 11.7 Å². The van der Waals surface area contributed by atoms with Crippen LogP contribution in [0.1, 0.15) is 12.8 Å². The smallest absolute Gasteiger partial charge is 0.283 e. The van der Waals surface area contributed by atoms with Crippen molar-refractivity contribution in [2.75, 3.05) is 19.6 Å². The third-order valence-electron chi connectivity index (χ3n) is 3.06. The number of rotatable bonds is 3. The van der Waals surface area contributed by atoms with Gasteiger partial charge in [0.1, 0.15) is 0 Å². The van der Waals surface area contributed by atoms with Gasteiger partial charge in [-0.15, -0.1) is 10.2 Å². The number of hydrogen-bond acceptors (Lipinski definition) is 6. The van der Waals surface area contributed by atoms with Gasteiger partial charge in [0.2, 0.25) is 5.89 Å². The van der Waals surface area contributed by atoms with Gasteiger partial charge in [-0.1, -0.05) is 0 Å². The van der Waals surface area contributed by atoms with Gasteiger partial charge in [0.25, 0.3) is 5.89 Å². The number of nitrogens with one attached hydrogen (secondary N) is 1. The number of nitrogens with zero attached hydrogens (tertiary/aromatic N) is 3. The highest BCUT2D eigenvalue weighted by molar-refractivity contribution is 9.10. The fourth-order valence-electron chi connectivity index (χ4n) is 2.19. The molecule has 0 amide bonds. The van der Waals surface area contributed by atoms with Crippen LogP contribution in [0.4, 0.5) is 0 Å². The summed E-state index contributed by atoms with van der Waals surface area (Å²) < 4.78 is 11.7. The minimum Gasteiger partial charge on any atom is -0.444 e. The molecule has 1 aliphatic heterocycles. The van der Waals surface area contributed by atoms with E-state index in [2.05, 4.69) is 43.3 Å². The van der Waals surface area contributed by atoms with Crippen LogP contribution in [0.3, 0.4) is 0 Å². The summed E-state index contributed by atoms with van der Waals surface area (Å²) in [7, 11) is 0. The first-order valence-corrected chi connectivity index (χ1v) is 7.04. The molecule has 1 N–H and O–H groups in total. The fourth-order valence-corrected chi connectivity index (χ4v) is 2.50. The van der Waals surface area contributed by atoms with Crippen molar-refractivity contribution in [2.24, 2.45) is 0 Å². The molecule has 0 saturated carbocycles. The molecule has 0 spiro atoms. The largest absolute Gasteiger partial charge is 0.444 e. The van der Waals surface area contributed by atoms with Crippen molar-refractivity contribution in [3.63, 3.8) is 0 Å². The fraction of sp³-hybridized carbons (Fsp3) is 0.500. The maximum Gasteiger partial charge on any atom is 0.283 e. The Morgan fingerprint density at radius 3 is 3.05 bits per heavy atom. The quantitative estimate of drug-likeness (QED) is 0.929. The molecule has 1 saturated heterocycles. The minimum atomic E-state index is 0.420. The summed E-state index contributed by atoms with van der Waals surface area (Å²) >= 11 is 3.25. The van der Waals surface area contributed by atoms with E-state index in [4.69, 9.17) is 8.83 Å². The van der Waals surface area contributed by atoms with E-state index in [1.54, 1.807) is 12.1 Å². The average molecular weight is 327 g/mol. The molecular formula is C12H15BrN4O2. The number of aromatic nitrogens is 2. The van der Waals surface area contributed by atoms with Crippen molar-refractivity contribution in [3.8, 4) is 11.7 Å². The molecule has 1 aliphatic rings. The Morgan fingerprint density at radius 2 is 2.32 bits per heavy atom. The Labute approximate surface area is 119 Å². The summed E-state index contributed by atoms with van der Waals surface area (Å²) in [5, 5.41) is 11.5. The maximum absolute atomic E-state index is 5.62. The van der Waals surface area contributed by atoms with Crippen molar-refractivity contribution in [1.29, 1.82) is 0 Å². The lowest BCUT2D eigenvalue weighted by molar-refractivity contribution is 0.184. The zero-order valence-electron chi connectivity index (χ0n) is 10.6. The van der Waals surface area contributed by atoms with E-state index in [0.717, 1.165) is 19.6 Å². The zero-order chi connectivity index (χ0) is 13.2. The molecular weight excluding hydrogens is 312 g/mol. The van der Waals surface area contributed by atoms with E-state index in [1.807, 2.05) is 0 Å². The van der Waals surface area contributed by atoms with Crippen LogP contribution in [0, 0.1) is 0 Å². The van der Waals surface area contributed by atoms with E-state index in [0.29, 0.717) is 34.8 Å². The molecule has 0 radical (unpaired) electrons. The SMILES string of the molecule is C[C@@H]1CN(Cc2nnc(-c3ccc(Br)o3)o2)CCN1. The molecule has 1 fully saturated rings. The topological polar surface area (TPSA) is 67.3 Å². The molecule has 19 heavy (non-hydrogen) atoms. The predicted octanol–water partition coefficient (Wildman–Crippen LogP) is 1.89. The average Bonchev–Trinajstić information content (AvgIpc) is 2.98. The summed E-state index contributed by atoms with van der Waals surface area (Å²) in [6, 6.07) is 4.10. The molecule has 3 heterocycles. The van der Waals surface area contributed by atoms with Gasteiger partial charge < -0.3 is 14.2 Å². The summed E-state index contributed by atoms with van der Waals surface area (Å²) in [5.74, 6) is 1.62. The molecule has 0 unspecified atom stereocenters. The Bertz CT molecular complexity index is 553. The van der Waals surface area contributed by atoms with Crippen LogP contribution in [0.2, 0.25) is 0 Å². The molecule has 2 aromatic heterocycles. The third-order valence-corrected chi connectivity index (χ3v) is 3.49. The van der Waals surface area contributed by atoms with E-state index in [-0.39, 0.29) is 0 Å². The molecule has 2 aromatic rings. The van der Waals surface area contributed by atoms with Gasteiger partial charge in [-0.3, -0.25) is 4.90 Å². The first-order chi connectivity index (χ1) is 9.20. The van der Waals surface area contributed by atoms with Crippen molar-refractivity contribution in [3.05, 3.63) is 22.7 Å². The van der Waals surface area contributed by atoms with Gasteiger partial charge in [-0.2, -0.15) is 0 Å². The summed E-state index contributed by atoms with van der Waals surface area (Å²) in [5.41, 5.74) is 0. The van der Waals surface area contributed by atoms with Crippen LogP contribution in [-0.2, 0) is 6.54 Å². The number of piperazine rings is 1. The van der Waals surface area contributed by atoms with Gasteiger partial charge in [0.05, 0.1) is 6.54 Å². The van der Waals surface area contributed by atoms with Gasteiger partial charge in [-0.05, 0) is 35.0 Å². The molecule has 1 atom stereocenters. The van der Waals surface area contributed by atoms with E-state index in [9.17, 15) is 0 Å². The van der Waals surface area contributed by atoms with E-state index < -0.39 is 0 Å². The summed E-state index contributed by atoms with van der Waals surface area (Å²) in [6.45, 7) is 5.83. The molecule has 0 aromatic carbocycles. The Balaban J connectivity index is 1.68. The lowest BCUT2D eigenvalue weighted by Gasteiger charge is -2.30. The molecule has 102 valence electrons. The highest BCUT2D eigenvalue weighted by Gasteiger charge is 2.19.